The SMILES string of the molecule is C1=C(SCc2ccc3c(c2)Cc2ccccc2-3)SC(=C2SC3=C(OCCO3)S2)S1. The predicted molar refractivity (Wildman–Crippen MR) is 130 cm³/mol. The van der Waals surface area contributed by atoms with Crippen LogP contribution in [0, 0.1) is 0 Å². The molecule has 0 unspecified atom stereocenters. The van der Waals surface area contributed by atoms with Crippen molar-refractivity contribution in [1.29, 1.82) is 0 Å². The van der Waals surface area contributed by atoms with E-state index in [1.165, 1.54) is 40.5 Å². The third-order valence-corrected chi connectivity index (χ3v) is 11.7. The lowest BCUT2D eigenvalue weighted by atomic mass is 10.0. The summed E-state index contributed by atoms with van der Waals surface area (Å²) < 4.78 is 15.4. The van der Waals surface area contributed by atoms with E-state index in [9.17, 15) is 0 Å². The Bertz CT molecular complexity index is 1080. The Morgan fingerprint density at radius 1 is 0.828 bits per heavy atom. The quantitative estimate of drug-likeness (QED) is 0.387. The summed E-state index contributed by atoms with van der Waals surface area (Å²) in [7, 11) is 0. The van der Waals surface area contributed by atoms with Crippen LogP contribution in [0.2, 0.25) is 0 Å². The van der Waals surface area contributed by atoms with E-state index in [4.69, 9.17) is 9.47 Å². The first-order valence-electron chi connectivity index (χ1n) is 9.31. The van der Waals surface area contributed by atoms with Crippen molar-refractivity contribution in [1.82, 2.24) is 0 Å². The lowest BCUT2D eigenvalue weighted by Gasteiger charge is -2.13. The van der Waals surface area contributed by atoms with Crippen molar-refractivity contribution in [3.8, 4) is 11.1 Å². The Balaban J connectivity index is 1.10. The Morgan fingerprint density at radius 3 is 2.48 bits per heavy atom. The average Bonchev–Trinajstić information content (AvgIpc) is 3.47. The minimum Gasteiger partial charge on any atom is -0.480 e. The van der Waals surface area contributed by atoms with E-state index in [2.05, 4.69) is 47.9 Å². The van der Waals surface area contributed by atoms with Crippen molar-refractivity contribution < 1.29 is 9.47 Å². The van der Waals surface area contributed by atoms with E-state index in [-0.39, 0.29) is 0 Å². The first-order chi connectivity index (χ1) is 14.3. The van der Waals surface area contributed by atoms with Crippen LogP contribution in [0.4, 0.5) is 0 Å². The van der Waals surface area contributed by atoms with E-state index in [1.54, 1.807) is 23.5 Å². The molecule has 0 radical (unpaired) electrons. The second-order valence-corrected chi connectivity index (χ2v) is 12.5. The predicted octanol–water partition coefficient (Wildman–Crippen LogP) is 7.55. The zero-order valence-electron chi connectivity index (χ0n) is 15.3. The third-order valence-electron chi connectivity index (χ3n) is 4.95. The molecule has 3 heterocycles. The van der Waals surface area contributed by atoms with Crippen molar-refractivity contribution in [2.24, 2.45) is 0 Å². The Kier molecular flexibility index (Phi) is 5.13. The number of hydrogen-bond acceptors (Lipinski definition) is 7. The molecule has 6 rings (SSSR count). The molecule has 0 saturated heterocycles. The summed E-state index contributed by atoms with van der Waals surface area (Å²) in [6, 6.07) is 15.7. The van der Waals surface area contributed by atoms with E-state index in [0.29, 0.717) is 13.2 Å². The zero-order valence-corrected chi connectivity index (χ0v) is 19.4. The summed E-state index contributed by atoms with van der Waals surface area (Å²) in [5, 5.41) is 4.15. The molecular formula is C22H16O2S5. The van der Waals surface area contributed by atoms with Crippen LogP contribution < -0.4 is 0 Å². The average molecular weight is 473 g/mol. The normalized spacial score (nSPS) is 19.5. The van der Waals surface area contributed by atoms with Crippen molar-refractivity contribution in [2.45, 2.75) is 12.2 Å². The lowest BCUT2D eigenvalue weighted by molar-refractivity contribution is 0.0949. The molecular weight excluding hydrogens is 457 g/mol. The highest BCUT2D eigenvalue weighted by Crippen LogP contribution is 2.60. The van der Waals surface area contributed by atoms with E-state index in [1.807, 2.05) is 35.3 Å². The first-order valence-corrected chi connectivity index (χ1v) is 13.6. The standard InChI is InChI=1S/C22H16O2S5/c1-2-4-16-14(3-1)10-15-9-13(5-6-17(15)16)11-25-18-12-26-21(27-18)22-28-19-20(29-22)24-8-7-23-19/h1-6,9,12H,7-8,10-11H2. The molecule has 2 aromatic rings. The number of ether oxygens (including phenoxy) is 2. The molecule has 3 aliphatic heterocycles. The molecule has 146 valence electrons. The monoisotopic (exact) mass is 472 g/mol. The van der Waals surface area contributed by atoms with Gasteiger partial charge >= 0.3 is 0 Å². The summed E-state index contributed by atoms with van der Waals surface area (Å²) in [6.45, 7) is 1.31. The smallest absolute Gasteiger partial charge is 0.208 e. The maximum atomic E-state index is 5.71. The third kappa shape index (κ3) is 3.65. The molecule has 4 aliphatic rings. The number of fused-ring (bicyclic) bond motifs is 3. The molecule has 1 aliphatic carbocycles. The number of thioether (sulfide) groups is 5. The van der Waals surface area contributed by atoms with Crippen LogP contribution in [-0.4, -0.2) is 13.2 Å². The van der Waals surface area contributed by atoms with Gasteiger partial charge in [0.25, 0.3) is 0 Å². The minimum atomic E-state index is 0.653. The molecule has 0 saturated carbocycles. The summed E-state index contributed by atoms with van der Waals surface area (Å²) >= 11 is 9.04. The highest BCUT2D eigenvalue weighted by atomic mass is 32.2. The molecule has 0 spiro atoms. The van der Waals surface area contributed by atoms with Gasteiger partial charge in [0, 0.05) is 5.75 Å². The summed E-state index contributed by atoms with van der Waals surface area (Å²) in [5.74, 6) is 1.01. The maximum absolute atomic E-state index is 5.71. The van der Waals surface area contributed by atoms with Gasteiger partial charge in [-0.15, -0.1) is 11.8 Å². The van der Waals surface area contributed by atoms with Crippen LogP contribution in [0.25, 0.3) is 11.1 Å². The van der Waals surface area contributed by atoms with E-state index < -0.39 is 0 Å². The van der Waals surface area contributed by atoms with Gasteiger partial charge in [0.05, 0.1) is 12.7 Å². The highest BCUT2D eigenvalue weighted by molar-refractivity contribution is 8.37. The molecule has 2 aromatic carbocycles. The molecule has 0 amide bonds. The molecule has 0 atom stereocenters. The Hall–Kier alpha value is -0.990. The van der Waals surface area contributed by atoms with Gasteiger partial charge in [0.2, 0.25) is 10.2 Å². The second-order valence-electron chi connectivity index (χ2n) is 6.82. The largest absolute Gasteiger partial charge is 0.480 e. The van der Waals surface area contributed by atoms with Gasteiger partial charge in [0.1, 0.15) is 13.2 Å². The number of hydrogen-bond donors (Lipinski definition) is 0. The van der Waals surface area contributed by atoms with Crippen molar-refractivity contribution in [3.05, 3.63) is 87.5 Å². The molecule has 29 heavy (non-hydrogen) atoms. The van der Waals surface area contributed by atoms with Crippen LogP contribution in [0.15, 0.2) is 70.8 Å². The fourth-order valence-corrected chi connectivity index (χ4v) is 9.85. The molecule has 0 fully saturated rings. The molecule has 0 N–H and O–H groups in total. The van der Waals surface area contributed by atoms with Gasteiger partial charge < -0.3 is 9.47 Å². The number of rotatable bonds is 3. The second kappa shape index (κ2) is 7.93. The fourth-order valence-electron chi connectivity index (χ4n) is 3.64. The summed E-state index contributed by atoms with van der Waals surface area (Å²) in [4.78, 5) is 0. The summed E-state index contributed by atoms with van der Waals surface area (Å²) in [6.07, 6.45) is 1.06. The Morgan fingerprint density at radius 2 is 1.62 bits per heavy atom. The minimum absolute atomic E-state index is 0.653. The summed E-state index contributed by atoms with van der Waals surface area (Å²) in [5.41, 5.74) is 7.12. The molecule has 7 heteroatoms. The first kappa shape index (κ1) is 18.8. The van der Waals surface area contributed by atoms with Gasteiger partial charge in [-0.1, -0.05) is 66.0 Å². The van der Waals surface area contributed by atoms with Crippen molar-refractivity contribution >= 4 is 58.8 Å². The van der Waals surface area contributed by atoms with Gasteiger partial charge in [-0.05, 0) is 63.2 Å². The topological polar surface area (TPSA) is 18.5 Å². The number of benzene rings is 2. The van der Waals surface area contributed by atoms with Crippen LogP contribution in [0.1, 0.15) is 16.7 Å². The zero-order chi connectivity index (χ0) is 19.2. The van der Waals surface area contributed by atoms with Crippen LogP contribution >= 0.6 is 58.8 Å². The van der Waals surface area contributed by atoms with Gasteiger partial charge in [0.15, 0.2) is 0 Å². The van der Waals surface area contributed by atoms with E-state index >= 15 is 0 Å². The molecule has 2 nitrogen and oxygen atoms in total. The van der Waals surface area contributed by atoms with E-state index in [0.717, 1.165) is 22.4 Å². The van der Waals surface area contributed by atoms with Crippen molar-refractivity contribution in [3.63, 3.8) is 0 Å². The van der Waals surface area contributed by atoms with Crippen LogP contribution in [0.5, 0.6) is 0 Å². The lowest BCUT2D eigenvalue weighted by Crippen LogP contribution is -2.08. The maximum Gasteiger partial charge on any atom is 0.208 e. The van der Waals surface area contributed by atoms with Gasteiger partial charge in [-0.2, -0.15) is 0 Å². The van der Waals surface area contributed by atoms with Gasteiger partial charge in [-0.25, -0.2) is 0 Å². The molecule has 0 aromatic heterocycles. The molecule has 0 bridgehead atoms. The Labute approximate surface area is 191 Å². The highest BCUT2D eigenvalue weighted by Gasteiger charge is 2.31. The fraction of sp³-hybridized carbons (Fsp3) is 0.182. The van der Waals surface area contributed by atoms with Crippen molar-refractivity contribution in [2.75, 3.05) is 13.2 Å². The van der Waals surface area contributed by atoms with Crippen LogP contribution in [-0.2, 0) is 21.6 Å². The van der Waals surface area contributed by atoms with Crippen LogP contribution in [0.3, 0.4) is 0 Å². The van der Waals surface area contributed by atoms with Gasteiger partial charge in [-0.3, -0.25) is 0 Å².